The maximum absolute atomic E-state index is 13.5. The standard InChI is InChI=1S/C20H19ClFN3O2.ClH/c21-15-12-14(8-9-16(15)22)26-17(13-6-2-1-3-7-13)18-24-19(25-27-18)20(23)10-4-5-11-20;/h1-3,6-9,12,17H,4-5,10-11,23H2;1H. The molecule has 1 aliphatic carbocycles. The molecule has 3 aromatic rings. The van der Waals surface area contributed by atoms with E-state index in [9.17, 15) is 4.39 Å². The third kappa shape index (κ3) is 4.14. The molecule has 1 aromatic heterocycles. The van der Waals surface area contributed by atoms with E-state index in [-0.39, 0.29) is 17.4 Å². The van der Waals surface area contributed by atoms with Crippen molar-refractivity contribution < 1.29 is 13.7 Å². The highest BCUT2D eigenvalue weighted by molar-refractivity contribution is 6.30. The van der Waals surface area contributed by atoms with E-state index in [0.29, 0.717) is 17.5 Å². The summed E-state index contributed by atoms with van der Waals surface area (Å²) in [6.45, 7) is 0. The Labute approximate surface area is 173 Å². The van der Waals surface area contributed by atoms with Crippen LogP contribution in [0, 0.1) is 5.82 Å². The minimum atomic E-state index is -0.654. The first-order valence-electron chi connectivity index (χ1n) is 8.85. The highest BCUT2D eigenvalue weighted by Gasteiger charge is 2.37. The van der Waals surface area contributed by atoms with E-state index < -0.39 is 17.5 Å². The maximum Gasteiger partial charge on any atom is 0.272 e. The van der Waals surface area contributed by atoms with Crippen molar-refractivity contribution >= 4 is 24.0 Å². The lowest BCUT2D eigenvalue weighted by atomic mass is 9.98. The summed E-state index contributed by atoms with van der Waals surface area (Å²) in [5, 5.41) is 4.10. The van der Waals surface area contributed by atoms with Crippen molar-refractivity contribution in [3.8, 4) is 5.75 Å². The van der Waals surface area contributed by atoms with Gasteiger partial charge in [-0.1, -0.05) is 59.9 Å². The van der Waals surface area contributed by atoms with Crippen LogP contribution in [0.4, 0.5) is 4.39 Å². The van der Waals surface area contributed by atoms with Crippen LogP contribution in [0.25, 0.3) is 0 Å². The lowest BCUT2D eigenvalue weighted by Crippen LogP contribution is -2.34. The van der Waals surface area contributed by atoms with Crippen LogP contribution in [-0.2, 0) is 5.54 Å². The number of ether oxygens (including phenoxy) is 1. The summed E-state index contributed by atoms with van der Waals surface area (Å²) >= 11 is 5.87. The third-order valence-electron chi connectivity index (χ3n) is 4.85. The predicted molar refractivity (Wildman–Crippen MR) is 106 cm³/mol. The van der Waals surface area contributed by atoms with Crippen molar-refractivity contribution in [1.29, 1.82) is 0 Å². The van der Waals surface area contributed by atoms with E-state index in [1.54, 1.807) is 0 Å². The fourth-order valence-corrected chi connectivity index (χ4v) is 3.52. The molecule has 1 heterocycles. The molecule has 1 saturated carbocycles. The number of nitrogens with two attached hydrogens (primary N) is 1. The fraction of sp³-hybridized carbons (Fsp3) is 0.300. The van der Waals surface area contributed by atoms with Crippen molar-refractivity contribution in [3.05, 3.63) is 76.6 Å². The van der Waals surface area contributed by atoms with Crippen LogP contribution in [-0.4, -0.2) is 10.1 Å². The molecule has 0 radical (unpaired) electrons. The van der Waals surface area contributed by atoms with E-state index in [1.165, 1.54) is 18.2 Å². The summed E-state index contributed by atoms with van der Waals surface area (Å²) in [6.07, 6.45) is 3.10. The van der Waals surface area contributed by atoms with Gasteiger partial charge in [0.2, 0.25) is 6.10 Å². The normalized spacial score (nSPS) is 16.4. The molecule has 2 N–H and O–H groups in total. The summed E-state index contributed by atoms with van der Waals surface area (Å²) in [5.41, 5.74) is 6.71. The van der Waals surface area contributed by atoms with Gasteiger partial charge >= 0.3 is 0 Å². The number of hydrogen-bond donors (Lipinski definition) is 1. The third-order valence-corrected chi connectivity index (χ3v) is 5.14. The molecule has 28 heavy (non-hydrogen) atoms. The van der Waals surface area contributed by atoms with Gasteiger partial charge in [-0.2, -0.15) is 4.98 Å². The van der Waals surface area contributed by atoms with Gasteiger partial charge in [0.05, 0.1) is 10.6 Å². The second kappa shape index (κ2) is 8.47. The number of nitrogens with zero attached hydrogens (tertiary/aromatic N) is 2. The van der Waals surface area contributed by atoms with E-state index in [1.807, 2.05) is 30.3 Å². The molecule has 8 heteroatoms. The Bertz CT molecular complexity index is 930. The Balaban J connectivity index is 0.00000225. The molecule has 0 saturated heterocycles. The van der Waals surface area contributed by atoms with Crippen LogP contribution in [0.5, 0.6) is 5.75 Å². The molecular formula is C20H20Cl2FN3O2. The van der Waals surface area contributed by atoms with Crippen molar-refractivity contribution in [2.45, 2.75) is 37.3 Å². The van der Waals surface area contributed by atoms with Gasteiger partial charge in [-0.25, -0.2) is 4.39 Å². The van der Waals surface area contributed by atoms with Crippen molar-refractivity contribution in [1.82, 2.24) is 10.1 Å². The minimum absolute atomic E-state index is 0. The summed E-state index contributed by atoms with van der Waals surface area (Å²) in [5.74, 6) is 0.690. The van der Waals surface area contributed by atoms with Crippen LogP contribution in [0.1, 0.15) is 49.1 Å². The van der Waals surface area contributed by atoms with Gasteiger partial charge < -0.3 is 15.0 Å². The van der Waals surface area contributed by atoms with Gasteiger partial charge in [0.15, 0.2) is 5.82 Å². The number of halogens is 3. The molecule has 148 valence electrons. The zero-order valence-corrected chi connectivity index (χ0v) is 16.5. The number of aromatic nitrogens is 2. The molecule has 0 aliphatic heterocycles. The molecule has 1 fully saturated rings. The molecule has 2 aromatic carbocycles. The molecule has 0 amide bonds. The van der Waals surface area contributed by atoms with E-state index in [0.717, 1.165) is 31.2 Å². The Morgan fingerprint density at radius 2 is 1.86 bits per heavy atom. The second-order valence-electron chi connectivity index (χ2n) is 6.80. The molecule has 5 nitrogen and oxygen atoms in total. The first kappa shape index (κ1) is 20.6. The maximum atomic E-state index is 13.5. The van der Waals surface area contributed by atoms with Crippen LogP contribution in [0.2, 0.25) is 5.02 Å². The second-order valence-corrected chi connectivity index (χ2v) is 7.21. The van der Waals surface area contributed by atoms with Gasteiger partial charge in [-0.15, -0.1) is 12.4 Å². The lowest BCUT2D eigenvalue weighted by molar-refractivity contribution is 0.193. The number of hydrogen-bond acceptors (Lipinski definition) is 5. The van der Waals surface area contributed by atoms with Crippen LogP contribution in [0.15, 0.2) is 53.1 Å². The summed E-state index contributed by atoms with van der Waals surface area (Å²) < 4.78 is 25.0. The summed E-state index contributed by atoms with van der Waals surface area (Å²) in [7, 11) is 0. The molecule has 0 bridgehead atoms. The summed E-state index contributed by atoms with van der Waals surface area (Å²) in [4.78, 5) is 4.54. The number of benzene rings is 2. The topological polar surface area (TPSA) is 74.2 Å². The van der Waals surface area contributed by atoms with Gasteiger partial charge in [-0.3, -0.25) is 0 Å². The van der Waals surface area contributed by atoms with Crippen molar-refractivity contribution in [2.75, 3.05) is 0 Å². The zero-order chi connectivity index (χ0) is 18.9. The summed E-state index contributed by atoms with van der Waals surface area (Å²) in [6, 6.07) is 13.7. The fourth-order valence-electron chi connectivity index (χ4n) is 3.35. The molecule has 1 aliphatic rings. The van der Waals surface area contributed by atoms with Crippen LogP contribution < -0.4 is 10.5 Å². The van der Waals surface area contributed by atoms with E-state index in [4.69, 9.17) is 26.6 Å². The van der Waals surface area contributed by atoms with Crippen LogP contribution >= 0.6 is 24.0 Å². The van der Waals surface area contributed by atoms with Gasteiger partial charge in [0.25, 0.3) is 5.89 Å². The number of rotatable bonds is 5. The largest absolute Gasteiger partial charge is 0.476 e. The van der Waals surface area contributed by atoms with Crippen LogP contribution in [0.3, 0.4) is 0 Å². The van der Waals surface area contributed by atoms with Gasteiger partial charge in [-0.05, 0) is 25.0 Å². The monoisotopic (exact) mass is 423 g/mol. The minimum Gasteiger partial charge on any atom is -0.476 e. The first-order valence-corrected chi connectivity index (χ1v) is 9.23. The molecule has 1 atom stereocenters. The average molecular weight is 424 g/mol. The van der Waals surface area contributed by atoms with E-state index in [2.05, 4.69) is 10.1 Å². The Morgan fingerprint density at radius 1 is 1.14 bits per heavy atom. The molecular weight excluding hydrogens is 404 g/mol. The van der Waals surface area contributed by atoms with Gasteiger partial charge in [0, 0.05) is 11.6 Å². The molecule has 1 unspecified atom stereocenters. The molecule has 4 rings (SSSR count). The molecule has 0 spiro atoms. The zero-order valence-electron chi connectivity index (χ0n) is 15.0. The van der Waals surface area contributed by atoms with Gasteiger partial charge in [0.1, 0.15) is 11.6 Å². The highest BCUT2D eigenvalue weighted by atomic mass is 35.5. The Hall–Kier alpha value is -2.15. The predicted octanol–water partition coefficient (Wildman–Crippen LogP) is 5.18. The van der Waals surface area contributed by atoms with E-state index >= 15 is 0 Å². The Kier molecular flexibility index (Phi) is 6.23. The first-order chi connectivity index (χ1) is 13.0. The quantitative estimate of drug-likeness (QED) is 0.611. The Morgan fingerprint density at radius 3 is 2.54 bits per heavy atom. The van der Waals surface area contributed by atoms with Crippen molar-refractivity contribution in [2.24, 2.45) is 5.73 Å². The lowest BCUT2D eigenvalue weighted by Gasteiger charge is -2.18. The average Bonchev–Trinajstić information content (AvgIpc) is 3.34. The smallest absolute Gasteiger partial charge is 0.272 e. The van der Waals surface area contributed by atoms with Crippen molar-refractivity contribution in [3.63, 3.8) is 0 Å². The highest BCUT2D eigenvalue weighted by Crippen LogP contribution is 2.36. The SMILES string of the molecule is Cl.NC1(c2noc(C(Oc3ccc(F)c(Cl)c3)c3ccccc3)n2)CCCC1.